The molecule has 1 heterocycles. The number of nitrogens with zero attached hydrogens (tertiary/aromatic N) is 1. The van der Waals surface area contributed by atoms with Crippen molar-refractivity contribution in [1.82, 2.24) is 4.98 Å². The van der Waals surface area contributed by atoms with E-state index in [0.717, 1.165) is 6.20 Å². The normalized spacial score (nSPS) is 13.2. The zero-order valence-electron chi connectivity index (χ0n) is 9.82. The van der Waals surface area contributed by atoms with Gasteiger partial charge in [0.25, 0.3) is 5.43 Å². The van der Waals surface area contributed by atoms with Crippen LogP contribution in [0.1, 0.15) is 6.92 Å². The number of rotatable bonds is 3. The summed E-state index contributed by atoms with van der Waals surface area (Å²) in [6.07, 6.45) is 2.54. The highest BCUT2D eigenvalue weighted by Gasteiger charge is 2.14. The first kappa shape index (κ1) is 14.2. The first-order valence-corrected chi connectivity index (χ1v) is 5.68. The molecular formula is C11H11BrN2O4. The summed E-state index contributed by atoms with van der Waals surface area (Å²) in [5.41, 5.74) is -1.16. The van der Waals surface area contributed by atoms with E-state index >= 15 is 0 Å². The van der Waals surface area contributed by atoms with Crippen LogP contribution >= 0.6 is 15.9 Å². The highest BCUT2D eigenvalue weighted by Crippen LogP contribution is 2.14. The topological polar surface area (TPSA) is 85.2 Å². The van der Waals surface area contributed by atoms with Crippen molar-refractivity contribution in [3.05, 3.63) is 49.4 Å². The minimum Gasteiger partial charge on any atom is -0.496 e. The van der Waals surface area contributed by atoms with E-state index in [1.807, 2.05) is 0 Å². The van der Waals surface area contributed by atoms with Crippen LogP contribution in [0.5, 0.6) is 0 Å². The van der Waals surface area contributed by atoms with Crippen LogP contribution in [0.4, 0.5) is 5.69 Å². The molecule has 0 spiro atoms. The summed E-state index contributed by atoms with van der Waals surface area (Å²) in [6.45, 7) is 5.25. The number of nitrogens with one attached hydrogen (secondary N) is 1. The van der Waals surface area contributed by atoms with Gasteiger partial charge in [-0.25, -0.2) is 0 Å². The Hall–Kier alpha value is -1.89. The number of nitro groups is 1. The van der Waals surface area contributed by atoms with Gasteiger partial charge < -0.3 is 9.72 Å². The van der Waals surface area contributed by atoms with Gasteiger partial charge in [0.15, 0.2) is 0 Å². The number of hydrogen-bond donors (Lipinski definition) is 1. The summed E-state index contributed by atoms with van der Waals surface area (Å²) >= 11 is 3.23. The molecule has 0 radical (unpaired) electrons. The largest absolute Gasteiger partial charge is 0.496 e. The third-order valence-corrected chi connectivity index (χ3v) is 3.13. The van der Waals surface area contributed by atoms with E-state index in [1.54, 1.807) is 6.92 Å². The maximum Gasteiger partial charge on any atom is 0.332 e. The second-order valence-electron chi connectivity index (χ2n) is 3.28. The molecule has 0 amide bonds. The molecule has 0 aliphatic carbocycles. The fourth-order valence-corrected chi connectivity index (χ4v) is 1.85. The standard InChI is InChI=1S/C11H11BrN2O4/c1-4-7-10(9(12)6(2)18-3)13-5-8(11(7)15)14(16)17/h4-5,13H,2H2,1,3H3/b7-4+,10-9-. The summed E-state index contributed by atoms with van der Waals surface area (Å²) in [6, 6.07) is 0. The SMILES string of the molecule is C=C(OC)/C(Br)=c1/[nH]cc([N+](=O)[O-])c(=O)/c1=C/C. The summed E-state index contributed by atoms with van der Waals surface area (Å²) in [5, 5.41) is 11.2. The molecule has 0 aromatic carbocycles. The molecule has 0 aliphatic heterocycles. The predicted molar refractivity (Wildman–Crippen MR) is 71.6 cm³/mol. The van der Waals surface area contributed by atoms with Crippen LogP contribution in [0.2, 0.25) is 0 Å². The second-order valence-corrected chi connectivity index (χ2v) is 4.07. The van der Waals surface area contributed by atoms with Crippen molar-refractivity contribution in [2.45, 2.75) is 6.92 Å². The number of ether oxygens (including phenoxy) is 1. The van der Waals surface area contributed by atoms with Crippen molar-refractivity contribution >= 4 is 32.2 Å². The van der Waals surface area contributed by atoms with E-state index in [-0.39, 0.29) is 5.22 Å². The van der Waals surface area contributed by atoms with Gasteiger partial charge in [0.05, 0.1) is 28.1 Å². The minimum atomic E-state index is -0.728. The predicted octanol–water partition coefficient (Wildman–Crippen LogP) is 0.747. The van der Waals surface area contributed by atoms with Crippen LogP contribution in [0.15, 0.2) is 23.3 Å². The molecule has 0 atom stereocenters. The van der Waals surface area contributed by atoms with Gasteiger partial charge in [-0.05, 0) is 22.9 Å². The van der Waals surface area contributed by atoms with Gasteiger partial charge in [-0.1, -0.05) is 12.7 Å². The molecule has 96 valence electrons. The van der Waals surface area contributed by atoms with Crippen LogP contribution in [0, 0.1) is 10.1 Å². The Morgan fingerprint density at radius 1 is 1.67 bits per heavy atom. The number of halogens is 1. The Morgan fingerprint density at radius 3 is 2.72 bits per heavy atom. The van der Waals surface area contributed by atoms with Gasteiger partial charge in [0, 0.05) is 5.22 Å². The highest BCUT2D eigenvalue weighted by atomic mass is 79.9. The number of hydrogen-bond acceptors (Lipinski definition) is 4. The molecule has 0 unspecified atom stereocenters. The number of aromatic nitrogens is 1. The van der Waals surface area contributed by atoms with E-state index in [1.165, 1.54) is 13.2 Å². The van der Waals surface area contributed by atoms with E-state index < -0.39 is 16.0 Å². The molecule has 0 bridgehead atoms. The molecular weight excluding hydrogens is 304 g/mol. The Labute approximate surface area is 111 Å². The maximum atomic E-state index is 11.9. The van der Waals surface area contributed by atoms with E-state index in [0.29, 0.717) is 15.6 Å². The first-order valence-electron chi connectivity index (χ1n) is 4.89. The Bertz CT molecular complexity index is 675. The molecule has 18 heavy (non-hydrogen) atoms. The fraction of sp³-hybridized carbons (Fsp3) is 0.182. The number of allylic oxidation sites excluding steroid dienone is 1. The number of pyridine rings is 1. The van der Waals surface area contributed by atoms with Crippen LogP contribution in [-0.2, 0) is 4.74 Å². The molecule has 7 heteroatoms. The zero-order chi connectivity index (χ0) is 13.9. The quantitative estimate of drug-likeness (QED) is 0.507. The van der Waals surface area contributed by atoms with Crippen molar-refractivity contribution in [2.75, 3.05) is 7.11 Å². The molecule has 0 fully saturated rings. The lowest BCUT2D eigenvalue weighted by Gasteiger charge is -2.02. The van der Waals surface area contributed by atoms with Crippen LogP contribution in [-0.4, -0.2) is 17.0 Å². The maximum absolute atomic E-state index is 11.9. The molecule has 1 N–H and O–H groups in total. The lowest BCUT2D eigenvalue weighted by Crippen LogP contribution is -2.42. The van der Waals surface area contributed by atoms with Crippen LogP contribution < -0.4 is 16.0 Å². The Kier molecular flexibility index (Phi) is 4.43. The summed E-state index contributed by atoms with van der Waals surface area (Å²) < 4.78 is 5.37. The van der Waals surface area contributed by atoms with Gasteiger partial charge in [-0.3, -0.25) is 14.9 Å². The van der Waals surface area contributed by atoms with E-state index in [9.17, 15) is 14.9 Å². The van der Waals surface area contributed by atoms with Crippen molar-refractivity contribution in [3.63, 3.8) is 0 Å². The lowest BCUT2D eigenvalue weighted by atomic mass is 10.2. The Balaban J connectivity index is 3.83. The van der Waals surface area contributed by atoms with Crippen LogP contribution in [0.25, 0.3) is 10.6 Å². The third kappa shape index (κ3) is 2.51. The fourth-order valence-electron chi connectivity index (χ4n) is 1.36. The zero-order valence-corrected chi connectivity index (χ0v) is 11.4. The van der Waals surface area contributed by atoms with Crippen molar-refractivity contribution < 1.29 is 9.66 Å². The third-order valence-electron chi connectivity index (χ3n) is 2.30. The summed E-state index contributed by atoms with van der Waals surface area (Å²) in [7, 11) is 1.43. The average molecular weight is 315 g/mol. The summed E-state index contributed by atoms with van der Waals surface area (Å²) in [4.78, 5) is 24.5. The van der Waals surface area contributed by atoms with Gasteiger partial charge in [0.2, 0.25) is 0 Å². The van der Waals surface area contributed by atoms with Crippen molar-refractivity contribution in [3.8, 4) is 0 Å². The van der Waals surface area contributed by atoms with Crippen molar-refractivity contribution in [1.29, 1.82) is 0 Å². The van der Waals surface area contributed by atoms with Gasteiger partial charge in [0.1, 0.15) is 5.76 Å². The monoisotopic (exact) mass is 314 g/mol. The Morgan fingerprint density at radius 2 is 2.28 bits per heavy atom. The molecule has 0 saturated carbocycles. The minimum absolute atomic E-state index is 0.189. The summed E-state index contributed by atoms with van der Waals surface area (Å²) in [5.74, 6) is 0.308. The molecule has 0 aliphatic rings. The molecule has 1 aromatic heterocycles. The molecule has 6 nitrogen and oxygen atoms in total. The van der Waals surface area contributed by atoms with Crippen LogP contribution in [0.3, 0.4) is 0 Å². The van der Waals surface area contributed by atoms with Crippen molar-refractivity contribution in [2.24, 2.45) is 0 Å². The second kappa shape index (κ2) is 5.63. The smallest absolute Gasteiger partial charge is 0.332 e. The molecule has 1 aromatic rings. The number of methoxy groups -OCH3 is 1. The van der Waals surface area contributed by atoms with Gasteiger partial charge in [-0.2, -0.15) is 0 Å². The molecule has 1 rings (SSSR count). The molecule has 0 saturated heterocycles. The number of aromatic amines is 1. The lowest BCUT2D eigenvalue weighted by molar-refractivity contribution is -0.386. The van der Waals surface area contributed by atoms with E-state index in [2.05, 4.69) is 27.5 Å². The highest BCUT2D eigenvalue weighted by molar-refractivity contribution is 9.15. The van der Waals surface area contributed by atoms with Gasteiger partial charge >= 0.3 is 5.69 Å². The number of H-pyrrole nitrogens is 1. The van der Waals surface area contributed by atoms with E-state index in [4.69, 9.17) is 4.74 Å². The first-order chi connectivity index (χ1) is 8.43. The van der Waals surface area contributed by atoms with Gasteiger partial charge in [-0.15, -0.1) is 0 Å². The average Bonchev–Trinajstić information content (AvgIpc) is 2.35.